The molecule has 1 unspecified atom stereocenters. The highest BCUT2D eigenvalue weighted by Crippen LogP contribution is 2.37. The minimum atomic E-state index is -0.167. The van der Waals surface area contributed by atoms with E-state index in [2.05, 4.69) is 22.0 Å². The minimum absolute atomic E-state index is 0.167. The highest BCUT2D eigenvalue weighted by Gasteiger charge is 2.25. The van der Waals surface area contributed by atoms with Crippen LogP contribution in [0.4, 0.5) is 5.69 Å². The Balaban J connectivity index is 2.03. The van der Waals surface area contributed by atoms with Crippen molar-refractivity contribution in [2.45, 2.75) is 26.7 Å². The molecule has 130 valence electrons. The fourth-order valence-corrected chi connectivity index (χ4v) is 3.85. The maximum Gasteiger partial charge on any atom is 0.261 e. The van der Waals surface area contributed by atoms with Crippen LogP contribution in [0, 0.1) is 12.8 Å². The number of aromatic amines is 1. The van der Waals surface area contributed by atoms with Gasteiger partial charge in [-0.15, -0.1) is 0 Å². The van der Waals surface area contributed by atoms with Gasteiger partial charge in [0.2, 0.25) is 0 Å². The second-order valence-corrected chi connectivity index (χ2v) is 7.33. The number of pyridine rings is 1. The summed E-state index contributed by atoms with van der Waals surface area (Å²) in [5, 5.41) is 5.54. The standard InChI is InChI=1S/C19H20ClN3O2/c1-11-4-3-7-23(10-11)18-14-9-13(20)5-6-15(14)21-19(24)17(18)16-8-12(2)22-25-16/h5-6,8-9,11H,3-4,7,10H2,1-2H3,(H,21,24). The summed E-state index contributed by atoms with van der Waals surface area (Å²) in [6.45, 7) is 5.91. The fraction of sp³-hybridized carbons (Fsp3) is 0.368. The van der Waals surface area contributed by atoms with Crippen molar-refractivity contribution < 1.29 is 4.52 Å². The van der Waals surface area contributed by atoms with E-state index in [1.54, 1.807) is 12.1 Å². The van der Waals surface area contributed by atoms with E-state index in [0.717, 1.165) is 41.8 Å². The van der Waals surface area contributed by atoms with E-state index in [-0.39, 0.29) is 5.56 Å². The molecule has 0 aliphatic carbocycles. The predicted molar refractivity (Wildman–Crippen MR) is 100 cm³/mol. The molecule has 1 fully saturated rings. The number of aromatic nitrogens is 2. The zero-order valence-corrected chi connectivity index (χ0v) is 15.1. The van der Waals surface area contributed by atoms with Crippen LogP contribution in [0.3, 0.4) is 0 Å². The molecule has 2 aromatic heterocycles. The summed E-state index contributed by atoms with van der Waals surface area (Å²) in [6.07, 6.45) is 2.31. The lowest BCUT2D eigenvalue weighted by atomic mass is 9.97. The SMILES string of the molecule is Cc1cc(-c2c(N3CCCC(C)C3)c3cc(Cl)ccc3[nH]c2=O)on1. The van der Waals surface area contributed by atoms with Crippen LogP contribution >= 0.6 is 11.6 Å². The van der Waals surface area contributed by atoms with Crippen molar-refractivity contribution in [3.8, 4) is 11.3 Å². The van der Waals surface area contributed by atoms with Gasteiger partial charge in [0.05, 0.1) is 16.9 Å². The monoisotopic (exact) mass is 357 g/mol. The fourth-order valence-electron chi connectivity index (χ4n) is 3.68. The third-order valence-electron chi connectivity index (χ3n) is 4.80. The van der Waals surface area contributed by atoms with Gasteiger partial charge in [0.25, 0.3) is 5.56 Å². The maximum absolute atomic E-state index is 12.9. The van der Waals surface area contributed by atoms with Gasteiger partial charge in [0, 0.05) is 29.6 Å². The Morgan fingerprint density at radius 2 is 2.20 bits per heavy atom. The number of hydrogen-bond acceptors (Lipinski definition) is 4. The third kappa shape index (κ3) is 2.93. The Labute approximate surface area is 150 Å². The second kappa shape index (κ2) is 6.23. The number of piperidine rings is 1. The Morgan fingerprint density at radius 1 is 1.36 bits per heavy atom. The zero-order chi connectivity index (χ0) is 17.6. The quantitative estimate of drug-likeness (QED) is 0.739. The Kier molecular flexibility index (Phi) is 4.04. The van der Waals surface area contributed by atoms with Gasteiger partial charge in [-0.1, -0.05) is 23.7 Å². The number of rotatable bonds is 2. The number of nitrogens with zero attached hydrogens (tertiary/aromatic N) is 2. The van der Waals surface area contributed by atoms with Crippen LogP contribution in [-0.2, 0) is 0 Å². The normalized spacial score (nSPS) is 18.0. The molecule has 0 radical (unpaired) electrons. The average Bonchev–Trinajstić information content (AvgIpc) is 3.00. The summed E-state index contributed by atoms with van der Waals surface area (Å²) < 4.78 is 5.44. The molecule has 0 saturated carbocycles. The molecule has 0 spiro atoms. The lowest BCUT2D eigenvalue weighted by Gasteiger charge is -2.34. The van der Waals surface area contributed by atoms with Gasteiger partial charge in [0.15, 0.2) is 5.76 Å². The summed E-state index contributed by atoms with van der Waals surface area (Å²) >= 11 is 6.25. The van der Waals surface area contributed by atoms with Gasteiger partial charge in [-0.2, -0.15) is 0 Å². The molecule has 1 saturated heterocycles. The topological polar surface area (TPSA) is 62.1 Å². The van der Waals surface area contributed by atoms with Crippen molar-refractivity contribution in [2.24, 2.45) is 5.92 Å². The maximum atomic E-state index is 12.9. The van der Waals surface area contributed by atoms with E-state index in [1.165, 1.54) is 6.42 Å². The molecule has 4 rings (SSSR count). The van der Waals surface area contributed by atoms with Gasteiger partial charge in [0.1, 0.15) is 5.56 Å². The van der Waals surface area contributed by atoms with Crippen molar-refractivity contribution in [1.29, 1.82) is 0 Å². The van der Waals surface area contributed by atoms with Crippen LogP contribution in [0.15, 0.2) is 33.6 Å². The molecule has 0 bridgehead atoms. The molecule has 1 N–H and O–H groups in total. The Hall–Kier alpha value is -2.27. The summed E-state index contributed by atoms with van der Waals surface area (Å²) in [6, 6.07) is 7.36. The number of hydrogen-bond donors (Lipinski definition) is 1. The van der Waals surface area contributed by atoms with E-state index in [9.17, 15) is 4.79 Å². The summed E-state index contributed by atoms with van der Waals surface area (Å²) in [7, 11) is 0. The van der Waals surface area contributed by atoms with E-state index in [4.69, 9.17) is 16.1 Å². The number of aryl methyl sites for hydroxylation is 1. The molecule has 3 heterocycles. The summed E-state index contributed by atoms with van der Waals surface area (Å²) in [4.78, 5) is 18.1. The number of anilines is 1. The average molecular weight is 358 g/mol. The van der Waals surface area contributed by atoms with Gasteiger partial charge >= 0.3 is 0 Å². The van der Waals surface area contributed by atoms with Crippen LogP contribution in [-0.4, -0.2) is 23.2 Å². The Morgan fingerprint density at radius 3 is 2.92 bits per heavy atom. The summed E-state index contributed by atoms with van der Waals surface area (Å²) in [5.41, 5.74) is 2.79. The number of fused-ring (bicyclic) bond motifs is 1. The number of H-pyrrole nitrogens is 1. The third-order valence-corrected chi connectivity index (χ3v) is 5.03. The van der Waals surface area contributed by atoms with Crippen molar-refractivity contribution in [1.82, 2.24) is 10.1 Å². The van der Waals surface area contributed by atoms with Crippen molar-refractivity contribution >= 4 is 28.2 Å². The van der Waals surface area contributed by atoms with E-state index < -0.39 is 0 Å². The van der Waals surface area contributed by atoms with Crippen molar-refractivity contribution in [2.75, 3.05) is 18.0 Å². The highest BCUT2D eigenvalue weighted by molar-refractivity contribution is 6.31. The molecular formula is C19H20ClN3O2. The van der Waals surface area contributed by atoms with Crippen LogP contribution in [0.1, 0.15) is 25.5 Å². The molecular weight excluding hydrogens is 338 g/mol. The molecule has 1 aromatic carbocycles. The van der Waals surface area contributed by atoms with E-state index >= 15 is 0 Å². The van der Waals surface area contributed by atoms with Crippen LogP contribution in [0.25, 0.3) is 22.2 Å². The van der Waals surface area contributed by atoms with Gasteiger partial charge in [-0.25, -0.2) is 0 Å². The lowest BCUT2D eigenvalue weighted by Crippen LogP contribution is -2.35. The summed E-state index contributed by atoms with van der Waals surface area (Å²) in [5.74, 6) is 1.07. The van der Waals surface area contributed by atoms with Crippen LogP contribution in [0.2, 0.25) is 5.02 Å². The molecule has 6 heteroatoms. The van der Waals surface area contributed by atoms with E-state index in [0.29, 0.717) is 22.3 Å². The molecule has 0 amide bonds. The first kappa shape index (κ1) is 16.2. The molecule has 25 heavy (non-hydrogen) atoms. The molecule has 1 aliphatic heterocycles. The number of halogens is 1. The number of benzene rings is 1. The van der Waals surface area contributed by atoms with Crippen LogP contribution < -0.4 is 10.5 Å². The largest absolute Gasteiger partial charge is 0.370 e. The van der Waals surface area contributed by atoms with Crippen molar-refractivity contribution in [3.05, 3.63) is 45.3 Å². The van der Waals surface area contributed by atoms with Gasteiger partial charge in [-0.05, 0) is 43.9 Å². The lowest BCUT2D eigenvalue weighted by molar-refractivity contribution is 0.425. The first-order valence-electron chi connectivity index (χ1n) is 8.57. The zero-order valence-electron chi connectivity index (χ0n) is 14.3. The first-order valence-corrected chi connectivity index (χ1v) is 8.95. The molecule has 1 aliphatic rings. The Bertz CT molecular complexity index is 992. The van der Waals surface area contributed by atoms with Crippen molar-refractivity contribution in [3.63, 3.8) is 0 Å². The molecule has 3 aromatic rings. The smallest absolute Gasteiger partial charge is 0.261 e. The second-order valence-electron chi connectivity index (χ2n) is 6.89. The van der Waals surface area contributed by atoms with Crippen LogP contribution in [0.5, 0.6) is 0 Å². The number of nitrogens with one attached hydrogen (secondary N) is 1. The first-order chi connectivity index (χ1) is 12.0. The molecule has 5 nitrogen and oxygen atoms in total. The highest BCUT2D eigenvalue weighted by atomic mass is 35.5. The van der Waals surface area contributed by atoms with E-state index in [1.807, 2.05) is 19.1 Å². The minimum Gasteiger partial charge on any atom is -0.370 e. The molecule has 1 atom stereocenters. The predicted octanol–water partition coefficient (Wildman–Crippen LogP) is 4.38. The van der Waals surface area contributed by atoms with Gasteiger partial charge in [-0.3, -0.25) is 4.79 Å². The van der Waals surface area contributed by atoms with Gasteiger partial charge < -0.3 is 14.4 Å².